The molecule has 2 aromatic carbocycles. The fourth-order valence-corrected chi connectivity index (χ4v) is 4.62. The maximum Gasteiger partial charge on any atom is 0.228 e. The van der Waals surface area contributed by atoms with Crippen molar-refractivity contribution in [2.75, 3.05) is 23.7 Å². The Morgan fingerprint density at radius 3 is 2.67 bits per heavy atom. The maximum absolute atomic E-state index is 12.6. The Hall–Kier alpha value is -2.77. The number of anilines is 2. The zero-order chi connectivity index (χ0) is 20.9. The van der Waals surface area contributed by atoms with Gasteiger partial charge >= 0.3 is 0 Å². The molecule has 1 saturated heterocycles. The van der Waals surface area contributed by atoms with Crippen LogP contribution in [0.4, 0.5) is 10.8 Å². The molecule has 2 amide bonds. The predicted octanol–water partition coefficient (Wildman–Crippen LogP) is 4.42. The van der Waals surface area contributed by atoms with E-state index in [4.69, 9.17) is 0 Å². The molecule has 1 aliphatic rings. The summed E-state index contributed by atoms with van der Waals surface area (Å²) in [6.45, 7) is 5.05. The van der Waals surface area contributed by atoms with E-state index in [1.807, 2.05) is 37.3 Å². The van der Waals surface area contributed by atoms with Gasteiger partial charge in [-0.25, -0.2) is 4.98 Å². The van der Waals surface area contributed by atoms with Gasteiger partial charge in [0, 0.05) is 18.7 Å². The molecule has 6 nitrogen and oxygen atoms in total. The summed E-state index contributed by atoms with van der Waals surface area (Å²) in [5.41, 5.74) is 3.80. The molecule has 0 aliphatic carbocycles. The Morgan fingerprint density at radius 1 is 1.03 bits per heavy atom. The highest BCUT2D eigenvalue weighted by Gasteiger charge is 2.13. The van der Waals surface area contributed by atoms with Gasteiger partial charge in [-0.2, -0.15) is 0 Å². The third-order valence-corrected chi connectivity index (χ3v) is 6.13. The number of benzene rings is 2. The smallest absolute Gasteiger partial charge is 0.228 e. The Kier molecular flexibility index (Phi) is 6.40. The Morgan fingerprint density at radius 2 is 1.87 bits per heavy atom. The molecule has 0 atom stereocenters. The van der Waals surface area contributed by atoms with E-state index >= 15 is 0 Å². The van der Waals surface area contributed by atoms with Gasteiger partial charge in [0.15, 0.2) is 5.13 Å². The summed E-state index contributed by atoms with van der Waals surface area (Å²) in [5, 5.41) is 6.40. The quantitative estimate of drug-likeness (QED) is 0.591. The zero-order valence-electron chi connectivity index (χ0n) is 17.1. The van der Waals surface area contributed by atoms with Crippen molar-refractivity contribution in [1.82, 2.24) is 9.88 Å². The molecule has 3 aromatic rings. The van der Waals surface area contributed by atoms with E-state index in [2.05, 4.69) is 32.7 Å². The number of thiazole rings is 1. The summed E-state index contributed by atoms with van der Waals surface area (Å²) < 4.78 is 0.958. The second-order valence-electron chi connectivity index (χ2n) is 7.63. The van der Waals surface area contributed by atoms with E-state index in [9.17, 15) is 9.59 Å². The first-order valence-electron chi connectivity index (χ1n) is 10.4. The lowest BCUT2D eigenvalue weighted by atomic mass is 10.1. The van der Waals surface area contributed by atoms with Gasteiger partial charge in [0.1, 0.15) is 0 Å². The van der Waals surface area contributed by atoms with Crippen LogP contribution in [0.5, 0.6) is 0 Å². The van der Waals surface area contributed by atoms with Gasteiger partial charge in [0.05, 0.1) is 16.6 Å². The number of fused-ring (bicyclic) bond motifs is 1. The monoisotopic (exact) mass is 422 g/mol. The van der Waals surface area contributed by atoms with Crippen molar-refractivity contribution < 1.29 is 9.59 Å². The summed E-state index contributed by atoms with van der Waals surface area (Å²) in [6, 6.07) is 13.9. The van der Waals surface area contributed by atoms with Crippen molar-refractivity contribution >= 4 is 44.2 Å². The van der Waals surface area contributed by atoms with Crippen LogP contribution in [-0.4, -0.2) is 34.8 Å². The molecule has 0 spiro atoms. The number of likely N-dealkylation sites (tertiary alicyclic amines) is 1. The van der Waals surface area contributed by atoms with Gasteiger partial charge in [-0.15, -0.1) is 0 Å². The van der Waals surface area contributed by atoms with Gasteiger partial charge in [-0.1, -0.05) is 36.5 Å². The van der Waals surface area contributed by atoms with Crippen molar-refractivity contribution in [2.24, 2.45) is 0 Å². The molecule has 7 heteroatoms. The van der Waals surface area contributed by atoms with Crippen molar-refractivity contribution in [3.63, 3.8) is 0 Å². The number of hydrogen-bond acceptors (Lipinski definition) is 5. The van der Waals surface area contributed by atoms with E-state index < -0.39 is 0 Å². The van der Waals surface area contributed by atoms with E-state index in [-0.39, 0.29) is 11.8 Å². The molecule has 1 aromatic heterocycles. The van der Waals surface area contributed by atoms with E-state index in [1.54, 1.807) is 0 Å². The standard InChI is InChI=1S/C23H26N4O2S/c1-2-21(28)26-23-25-19-9-8-16(13-20(19)30-23)14-22(29)24-18-7-5-6-17(12-18)15-27-10-3-4-11-27/h5-9,12-13H,2-4,10-11,14-15H2,1H3,(H,24,29)(H,25,26,28). The van der Waals surface area contributed by atoms with Crippen molar-refractivity contribution in [1.29, 1.82) is 0 Å². The molecule has 0 bridgehead atoms. The average Bonchev–Trinajstić information content (AvgIpc) is 3.37. The van der Waals surface area contributed by atoms with Gasteiger partial charge in [0.25, 0.3) is 0 Å². The molecule has 0 unspecified atom stereocenters. The molecule has 4 rings (SSSR count). The summed E-state index contributed by atoms with van der Waals surface area (Å²) in [5.74, 6) is -0.0997. The average molecular weight is 423 g/mol. The van der Waals surface area contributed by atoms with Crippen molar-refractivity contribution in [3.8, 4) is 0 Å². The van der Waals surface area contributed by atoms with Crippen molar-refractivity contribution in [3.05, 3.63) is 53.6 Å². The second kappa shape index (κ2) is 9.36. The van der Waals surface area contributed by atoms with Gasteiger partial charge < -0.3 is 10.6 Å². The maximum atomic E-state index is 12.6. The highest BCUT2D eigenvalue weighted by molar-refractivity contribution is 7.22. The first-order valence-corrected chi connectivity index (χ1v) is 11.2. The van der Waals surface area contributed by atoms with Crippen LogP contribution in [0.25, 0.3) is 10.2 Å². The van der Waals surface area contributed by atoms with Crippen LogP contribution in [0.1, 0.15) is 37.3 Å². The Bertz CT molecular complexity index is 1060. The predicted molar refractivity (Wildman–Crippen MR) is 122 cm³/mol. The largest absolute Gasteiger partial charge is 0.326 e. The molecule has 1 fully saturated rings. The number of rotatable bonds is 7. The number of carbonyl (C=O) groups excluding carboxylic acids is 2. The van der Waals surface area contributed by atoms with Gasteiger partial charge in [-0.3, -0.25) is 14.5 Å². The summed E-state index contributed by atoms with van der Waals surface area (Å²) in [6.07, 6.45) is 3.25. The van der Waals surface area contributed by atoms with E-state index in [1.165, 1.54) is 29.7 Å². The third kappa shape index (κ3) is 5.23. The van der Waals surface area contributed by atoms with Crippen molar-refractivity contribution in [2.45, 2.75) is 39.2 Å². The fourth-order valence-electron chi connectivity index (χ4n) is 3.68. The number of nitrogens with zero attached hydrogens (tertiary/aromatic N) is 2. The SMILES string of the molecule is CCC(=O)Nc1nc2ccc(CC(=O)Nc3cccc(CN4CCCC4)c3)cc2s1. The zero-order valence-corrected chi connectivity index (χ0v) is 17.9. The molecule has 0 radical (unpaired) electrons. The molecule has 2 N–H and O–H groups in total. The van der Waals surface area contributed by atoms with Gasteiger partial charge in [-0.05, 0) is 61.3 Å². The lowest BCUT2D eigenvalue weighted by molar-refractivity contribution is -0.116. The van der Waals surface area contributed by atoms with Crippen LogP contribution in [0.2, 0.25) is 0 Å². The molecule has 156 valence electrons. The molecule has 2 heterocycles. The number of nitrogens with one attached hydrogen (secondary N) is 2. The Balaban J connectivity index is 1.38. The Labute approximate surface area is 180 Å². The number of carbonyl (C=O) groups is 2. The topological polar surface area (TPSA) is 74.3 Å². The van der Waals surface area contributed by atoms with E-state index in [0.29, 0.717) is 18.0 Å². The number of aromatic nitrogens is 1. The summed E-state index contributed by atoms with van der Waals surface area (Å²) in [7, 11) is 0. The minimum Gasteiger partial charge on any atom is -0.326 e. The summed E-state index contributed by atoms with van der Waals surface area (Å²) in [4.78, 5) is 31.0. The first kappa shape index (κ1) is 20.5. The van der Waals surface area contributed by atoms with Crippen LogP contribution >= 0.6 is 11.3 Å². The molecular weight excluding hydrogens is 396 g/mol. The summed E-state index contributed by atoms with van der Waals surface area (Å²) >= 11 is 1.42. The molecule has 0 saturated carbocycles. The highest BCUT2D eigenvalue weighted by atomic mass is 32.1. The first-order chi connectivity index (χ1) is 14.6. The molecule has 1 aliphatic heterocycles. The second-order valence-corrected chi connectivity index (χ2v) is 8.66. The minimum absolute atomic E-state index is 0.0447. The van der Waals surface area contributed by atoms with Gasteiger partial charge in [0.2, 0.25) is 11.8 Å². The van der Waals surface area contributed by atoms with Crippen LogP contribution in [0, 0.1) is 0 Å². The normalized spacial score (nSPS) is 14.2. The van der Waals surface area contributed by atoms with Crippen LogP contribution in [0.15, 0.2) is 42.5 Å². The van der Waals surface area contributed by atoms with E-state index in [0.717, 1.165) is 41.1 Å². The number of hydrogen-bond donors (Lipinski definition) is 2. The fraction of sp³-hybridized carbons (Fsp3) is 0.348. The number of amides is 2. The van der Waals surface area contributed by atoms with Crippen LogP contribution in [-0.2, 0) is 22.6 Å². The van der Waals surface area contributed by atoms with Crippen LogP contribution < -0.4 is 10.6 Å². The highest BCUT2D eigenvalue weighted by Crippen LogP contribution is 2.27. The van der Waals surface area contributed by atoms with Crippen LogP contribution in [0.3, 0.4) is 0 Å². The molecular formula is C23H26N4O2S. The molecule has 30 heavy (non-hydrogen) atoms. The third-order valence-electron chi connectivity index (χ3n) is 5.20. The lowest BCUT2D eigenvalue weighted by Crippen LogP contribution is -2.19. The lowest BCUT2D eigenvalue weighted by Gasteiger charge is -2.15. The minimum atomic E-state index is -0.0550.